The van der Waals surface area contributed by atoms with E-state index in [1.54, 1.807) is 29.4 Å². The van der Waals surface area contributed by atoms with Crippen molar-refractivity contribution in [3.8, 4) is 17.0 Å². The Bertz CT molecular complexity index is 1330. The average Bonchev–Trinajstić information content (AvgIpc) is 3.43. The van der Waals surface area contributed by atoms with E-state index < -0.39 is 5.60 Å². The molecule has 1 aliphatic carbocycles. The zero-order valence-electron chi connectivity index (χ0n) is 18.9. The molecule has 0 radical (unpaired) electrons. The number of rotatable bonds is 5. The van der Waals surface area contributed by atoms with Crippen LogP contribution in [0.5, 0.6) is 5.88 Å². The van der Waals surface area contributed by atoms with Crippen molar-refractivity contribution in [3.05, 3.63) is 42.4 Å². The van der Waals surface area contributed by atoms with Crippen molar-refractivity contribution in [2.24, 2.45) is 0 Å². The molecule has 0 aliphatic heterocycles. The first-order valence-electron chi connectivity index (χ1n) is 11.0. The average molecular weight is 450 g/mol. The van der Waals surface area contributed by atoms with Gasteiger partial charge in [-0.3, -0.25) is 4.79 Å². The molecule has 1 fully saturated rings. The number of pyridine rings is 1. The number of carbonyl (C=O) groups is 1. The minimum Gasteiger partial charge on any atom is -0.479 e. The summed E-state index contributed by atoms with van der Waals surface area (Å²) in [6.45, 7) is 1.88. The van der Waals surface area contributed by atoms with Crippen molar-refractivity contribution in [1.82, 2.24) is 29.5 Å². The molecule has 4 heterocycles. The molecule has 10 heteroatoms. The highest BCUT2D eigenvalue weighted by Gasteiger charge is 2.29. The number of aromatic nitrogens is 5. The molecule has 3 N–H and O–H groups in total. The Morgan fingerprint density at radius 2 is 2.00 bits per heavy atom. The second kappa shape index (κ2) is 8.04. The topological polar surface area (TPSA) is 118 Å². The quantitative estimate of drug-likeness (QED) is 0.428. The Labute approximate surface area is 190 Å². The summed E-state index contributed by atoms with van der Waals surface area (Å²) in [6.07, 6.45) is 8.44. The molecule has 5 rings (SSSR count). The summed E-state index contributed by atoms with van der Waals surface area (Å²) < 4.78 is 9.05. The van der Waals surface area contributed by atoms with Crippen molar-refractivity contribution in [2.45, 2.75) is 44.2 Å². The van der Waals surface area contributed by atoms with E-state index in [4.69, 9.17) is 4.74 Å². The lowest BCUT2D eigenvalue weighted by Crippen LogP contribution is -2.36. The number of ether oxygens (including phenoxy) is 1. The molecular formula is C23H27N7O3. The summed E-state index contributed by atoms with van der Waals surface area (Å²) in [6, 6.07) is 6.01. The van der Waals surface area contributed by atoms with E-state index in [0.717, 1.165) is 42.3 Å². The fourth-order valence-corrected chi connectivity index (χ4v) is 4.45. The monoisotopic (exact) mass is 449 g/mol. The van der Waals surface area contributed by atoms with Gasteiger partial charge in [0, 0.05) is 31.0 Å². The minimum absolute atomic E-state index is 0.190. The SMILES string of the molecule is CNC(=O)c1cnn2ccc(-c3ccn4nc(NC5CCC(C)(O)CC5)nc(OC)c34)cc12. The third-order valence-corrected chi connectivity index (χ3v) is 6.37. The molecular weight excluding hydrogens is 422 g/mol. The predicted molar refractivity (Wildman–Crippen MR) is 124 cm³/mol. The van der Waals surface area contributed by atoms with Gasteiger partial charge in [-0.2, -0.15) is 10.1 Å². The van der Waals surface area contributed by atoms with E-state index in [-0.39, 0.29) is 11.9 Å². The van der Waals surface area contributed by atoms with Crippen LogP contribution < -0.4 is 15.4 Å². The zero-order valence-corrected chi connectivity index (χ0v) is 18.9. The maximum atomic E-state index is 12.2. The summed E-state index contributed by atoms with van der Waals surface area (Å²) in [5.74, 6) is 0.751. The lowest BCUT2D eigenvalue weighted by molar-refractivity contribution is 0.0195. The molecule has 0 spiro atoms. The van der Waals surface area contributed by atoms with Gasteiger partial charge in [-0.15, -0.1) is 5.10 Å². The van der Waals surface area contributed by atoms with Crippen LogP contribution in [0.25, 0.3) is 22.2 Å². The maximum Gasteiger partial charge on any atom is 0.254 e. The number of aliphatic hydroxyl groups is 1. The molecule has 10 nitrogen and oxygen atoms in total. The summed E-state index contributed by atoms with van der Waals surface area (Å²) in [5.41, 5.74) is 3.14. The first-order chi connectivity index (χ1) is 15.9. The second-order valence-electron chi connectivity index (χ2n) is 8.77. The summed E-state index contributed by atoms with van der Waals surface area (Å²) in [7, 11) is 3.19. The predicted octanol–water partition coefficient (Wildman–Crippen LogP) is 2.52. The van der Waals surface area contributed by atoms with Crippen molar-refractivity contribution < 1.29 is 14.6 Å². The van der Waals surface area contributed by atoms with Gasteiger partial charge in [0.05, 0.1) is 30.0 Å². The molecule has 0 unspecified atom stereocenters. The molecule has 0 bridgehead atoms. The van der Waals surface area contributed by atoms with E-state index in [1.807, 2.05) is 37.5 Å². The van der Waals surface area contributed by atoms with Gasteiger partial charge >= 0.3 is 0 Å². The lowest BCUT2D eigenvalue weighted by Gasteiger charge is -2.33. The Morgan fingerprint density at radius 1 is 1.24 bits per heavy atom. The Kier molecular flexibility index (Phi) is 5.16. The van der Waals surface area contributed by atoms with Crippen LogP contribution in [0.2, 0.25) is 0 Å². The first-order valence-corrected chi connectivity index (χ1v) is 11.0. The van der Waals surface area contributed by atoms with Gasteiger partial charge in [0.15, 0.2) is 0 Å². The lowest BCUT2D eigenvalue weighted by atomic mass is 9.84. The van der Waals surface area contributed by atoms with Gasteiger partial charge in [0.25, 0.3) is 5.91 Å². The molecule has 0 aromatic carbocycles. The third-order valence-electron chi connectivity index (χ3n) is 6.37. The number of hydrogen-bond donors (Lipinski definition) is 3. The van der Waals surface area contributed by atoms with Crippen molar-refractivity contribution in [1.29, 1.82) is 0 Å². The molecule has 4 aromatic rings. The van der Waals surface area contributed by atoms with E-state index in [2.05, 4.69) is 25.8 Å². The molecule has 1 aliphatic rings. The van der Waals surface area contributed by atoms with Crippen LogP contribution >= 0.6 is 0 Å². The van der Waals surface area contributed by atoms with Crippen LogP contribution in [-0.4, -0.2) is 61.0 Å². The fourth-order valence-electron chi connectivity index (χ4n) is 4.45. The molecule has 172 valence electrons. The zero-order chi connectivity index (χ0) is 23.2. The fraction of sp³-hybridized carbons (Fsp3) is 0.391. The van der Waals surface area contributed by atoms with Crippen LogP contribution in [0.15, 0.2) is 36.8 Å². The largest absolute Gasteiger partial charge is 0.479 e. The summed E-state index contributed by atoms with van der Waals surface area (Å²) in [4.78, 5) is 16.8. The standard InChI is InChI=1S/C23H27N7O3/c1-23(32)8-4-15(5-9-23)26-22-27-21(33-3)19-16(7-11-30(19)28-22)14-6-10-29-18(12-14)17(13-25-29)20(31)24-2/h6-7,10-13,15,32H,4-5,8-9H2,1-3H3,(H,24,31)(H,26,28). The first kappa shape index (κ1) is 21.2. The van der Waals surface area contributed by atoms with Crippen LogP contribution in [0.1, 0.15) is 43.0 Å². The molecule has 1 amide bonds. The van der Waals surface area contributed by atoms with Gasteiger partial charge in [-0.1, -0.05) is 0 Å². The number of nitrogens with one attached hydrogen (secondary N) is 2. The van der Waals surface area contributed by atoms with E-state index >= 15 is 0 Å². The molecule has 0 saturated heterocycles. The van der Waals surface area contributed by atoms with Gasteiger partial charge in [0.2, 0.25) is 11.8 Å². The highest BCUT2D eigenvalue weighted by atomic mass is 16.5. The normalized spacial score (nSPS) is 20.8. The van der Waals surface area contributed by atoms with E-state index in [0.29, 0.717) is 22.9 Å². The number of amides is 1. The number of methoxy groups -OCH3 is 1. The van der Waals surface area contributed by atoms with Crippen LogP contribution in [0, 0.1) is 0 Å². The van der Waals surface area contributed by atoms with Gasteiger partial charge < -0.3 is 20.5 Å². The maximum absolute atomic E-state index is 12.2. The Morgan fingerprint density at radius 3 is 2.73 bits per heavy atom. The Hall–Kier alpha value is -3.66. The summed E-state index contributed by atoms with van der Waals surface area (Å²) in [5, 5.41) is 25.1. The molecule has 0 atom stereocenters. The highest BCUT2D eigenvalue weighted by molar-refractivity contribution is 6.01. The number of anilines is 1. The van der Waals surface area contributed by atoms with Gasteiger partial charge in [-0.25, -0.2) is 9.03 Å². The van der Waals surface area contributed by atoms with Crippen molar-refractivity contribution in [2.75, 3.05) is 19.5 Å². The number of hydrogen-bond acceptors (Lipinski definition) is 7. The molecule has 4 aromatic heterocycles. The molecule has 33 heavy (non-hydrogen) atoms. The van der Waals surface area contributed by atoms with Gasteiger partial charge in [0.1, 0.15) is 5.52 Å². The van der Waals surface area contributed by atoms with Crippen LogP contribution in [-0.2, 0) is 0 Å². The van der Waals surface area contributed by atoms with Crippen molar-refractivity contribution >= 4 is 22.9 Å². The van der Waals surface area contributed by atoms with Crippen LogP contribution in [0.3, 0.4) is 0 Å². The summed E-state index contributed by atoms with van der Waals surface area (Å²) >= 11 is 0. The van der Waals surface area contributed by atoms with E-state index in [1.165, 1.54) is 0 Å². The molecule has 1 saturated carbocycles. The highest BCUT2D eigenvalue weighted by Crippen LogP contribution is 2.33. The number of carbonyl (C=O) groups excluding carboxylic acids is 1. The Balaban J connectivity index is 1.51. The smallest absolute Gasteiger partial charge is 0.254 e. The number of nitrogens with zero attached hydrogens (tertiary/aromatic N) is 5. The van der Waals surface area contributed by atoms with Crippen molar-refractivity contribution in [3.63, 3.8) is 0 Å². The van der Waals surface area contributed by atoms with E-state index in [9.17, 15) is 9.90 Å². The minimum atomic E-state index is -0.593. The van der Waals surface area contributed by atoms with Gasteiger partial charge in [-0.05, 0) is 56.4 Å². The van der Waals surface area contributed by atoms with Crippen LogP contribution in [0.4, 0.5) is 5.95 Å². The second-order valence-corrected chi connectivity index (χ2v) is 8.77. The number of fused-ring (bicyclic) bond motifs is 2. The third kappa shape index (κ3) is 3.86.